The second-order valence-electron chi connectivity index (χ2n) is 4.19. The van der Waals surface area contributed by atoms with Gasteiger partial charge in [0.25, 0.3) is 5.91 Å². The van der Waals surface area contributed by atoms with Crippen molar-refractivity contribution in [3.05, 3.63) is 39.3 Å². The summed E-state index contributed by atoms with van der Waals surface area (Å²) in [7, 11) is 0. The molecule has 5 nitrogen and oxygen atoms in total. The van der Waals surface area contributed by atoms with Gasteiger partial charge < -0.3 is 10.6 Å². The smallest absolute Gasteiger partial charge is 0.282 e. The number of halogens is 1. The maximum Gasteiger partial charge on any atom is 0.282 e. The number of rotatable bonds is 5. The molecule has 106 valence electrons. The van der Waals surface area contributed by atoms with Crippen LogP contribution in [0.25, 0.3) is 0 Å². The minimum absolute atomic E-state index is 0.0814. The topological polar surface area (TPSA) is 66.9 Å². The highest BCUT2D eigenvalue weighted by Gasteiger charge is 2.15. The number of aromatic nitrogens is 2. The third kappa shape index (κ3) is 3.77. The Bertz CT molecular complexity index is 584. The van der Waals surface area contributed by atoms with E-state index in [0.29, 0.717) is 10.1 Å². The predicted molar refractivity (Wildman–Crippen MR) is 84.1 cm³/mol. The van der Waals surface area contributed by atoms with Crippen LogP contribution in [-0.2, 0) is 0 Å². The van der Waals surface area contributed by atoms with E-state index in [9.17, 15) is 4.79 Å². The molecule has 7 heteroatoms. The minimum atomic E-state index is -0.206. The molecule has 0 spiro atoms. The van der Waals surface area contributed by atoms with E-state index < -0.39 is 0 Å². The highest BCUT2D eigenvalue weighted by molar-refractivity contribution is 9.10. The number of carbonyl (C=O) groups is 1. The second kappa shape index (κ2) is 6.81. The molecule has 0 fully saturated rings. The average Bonchev–Trinajstić information content (AvgIpc) is 2.88. The number of anilines is 1. The van der Waals surface area contributed by atoms with Gasteiger partial charge in [-0.25, -0.2) is 0 Å². The molecule has 1 aromatic carbocycles. The number of benzene rings is 1. The van der Waals surface area contributed by atoms with Crippen molar-refractivity contribution in [3.8, 4) is 0 Å². The number of hydrogen-bond donors (Lipinski definition) is 2. The molecule has 0 aliphatic carbocycles. The summed E-state index contributed by atoms with van der Waals surface area (Å²) >= 11 is 4.64. The van der Waals surface area contributed by atoms with Gasteiger partial charge in [0, 0.05) is 11.0 Å². The van der Waals surface area contributed by atoms with Crippen LogP contribution < -0.4 is 10.6 Å². The van der Waals surface area contributed by atoms with Crippen LogP contribution in [0.3, 0.4) is 0 Å². The molecule has 0 aliphatic rings. The van der Waals surface area contributed by atoms with Crippen LogP contribution in [0.2, 0.25) is 0 Å². The summed E-state index contributed by atoms with van der Waals surface area (Å²) < 4.78 is 1.01. The van der Waals surface area contributed by atoms with Crippen LogP contribution in [0.1, 0.15) is 35.3 Å². The van der Waals surface area contributed by atoms with Crippen molar-refractivity contribution in [1.82, 2.24) is 15.5 Å². The third-order valence-electron chi connectivity index (χ3n) is 2.66. The summed E-state index contributed by atoms with van der Waals surface area (Å²) in [5.41, 5.74) is 1.04. The van der Waals surface area contributed by atoms with Crippen LogP contribution >= 0.6 is 27.3 Å². The van der Waals surface area contributed by atoms with Crippen LogP contribution in [-0.4, -0.2) is 22.6 Å². The first-order valence-electron chi connectivity index (χ1n) is 6.24. The van der Waals surface area contributed by atoms with E-state index in [1.165, 1.54) is 11.3 Å². The van der Waals surface area contributed by atoms with E-state index in [1.807, 2.05) is 38.1 Å². The number of nitrogens with zero attached hydrogens (tertiary/aromatic N) is 2. The number of nitrogens with one attached hydrogen (secondary N) is 2. The summed E-state index contributed by atoms with van der Waals surface area (Å²) in [4.78, 5) is 12.1. The Morgan fingerprint density at radius 2 is 2.05 bits per heavy atom. The van der Waals surface area contributed by atoms with Gasteiger partial charge in [-0.1, -0.05) is 39.4 Å². The van der Waals surface area contributed by atoms with Gasteiger partial charge in [0.2, 0.25) is 10.1 Å². The molecule has 1 amide bonds. The molecule has 2 aromatic rings. The fraction of sp³-hybridized carbons (Fsp3) is 0.308. The first kappa shape index (κ1) is 14.9. The van der Waals surface area contributed by atoms with Crippen LogP contribution in [0.15, 0.2) is 28.7 Å². The first-order valence-corrected chi connectivity index (χ1v) is 7.84. The zero-order valence-corrected chi connectivity index (χ0v) is 13.6. The van der Waals surface area contributed by atoms with E-state index in [1.54, 1.807) is 0 Å². The Hall–Kier alpha value is -1.47. The van der Waals surface area contributed by atoms with Gasteiger partial charge in [0.05, 0.1) is 6.04 Å². The molecule has 1 heterocycles. The molecule has 0 saturated heterocycles. The van der Waals surface area contributed by atoms with Gasteiger partial charge >= 0.3 is 0 Å². The Morgan fingerprint density at radius 3 is 2.70 bits per heavy atom. The lowest BCUT2D eigenvalue weighted by Gasteiger charge is -2.13. The molecule has 20 heavy (non-hydrogen) atoms. The minimum Gasteiger partial charge on any atom is -0.360 e. The van der Waals surface area contributed by atoms with Crippen LogP contribution in [0, 0.1) is 0 Å². The summed E-state index contributed by atoms with van der Waals surface area (Å²) in [5.74, 6) is -0.206. The van der Waals surface area contributed by atoms with Crippen molar-refractivity contribution in [2.24, 2.45) is 0 Å². The monoisotopic (exact) mass is 354 g/mol. The molecule has 2 N–H and O–H groups in total. The third-order valence-corrected chi connectivity index (χ3v) is 4.07. The Morgan fingerprint density at radius 1 is 1.35 bits per heavy atom. The molecule has 1 atom stereocenters. The molecule has 0 saturated carbocycles. The lowest BCUT2D eigenvalue weighted by atomic mass is 10.1. The zero-order chi connectivity index (χ0) is 14.5. The molecule has 0 radical (unpaired) electrons. The summed E-state index contributed by atoms with van der Waals surface area (Å²) in [6.45, 7) is 4.66. The lowest BCUT2D eigenvalue weighted by molar-refractivity contribution is 0.0939. The average molecular weight is 355 g/mol. The van der Waals surface area contributed by atoms with E-state index >= 15 is 0 Å². The quantitative estimate of drug-likeness (QED) is 0.864. The fourth-order valence-corrected chi connectivity index (χ4v) is 2.61. The van der Waals surface area contributed by atoms with E-state index in [4.69, 9.17) is 0 Å². The number of amides is 1. The van der Waals surface area contributed by atoms with Gasteiger partial charge in [-0.3, -0.25) is 4.79 Å². The predicted octanol–water partition coefficient (Wildman–Crippen LogP) is 3.22. The standard InChI is InChI=1S/C13H15BrN4OS/c1-3-15-13-18-17-12(20-13)11(19)16-8(2)9-4-6-10(14)7-5-9/h4-8H,3H2,1-2H3,(H,15,18)(H,16,19). The van der Waals surface area contributed by atoms with Gasteiger partial charge in [-0.15, -0.1) is 10.2 Å². The highest BCUT2D eigenvalue weighted by atomic mass is 79.9. The highest BCUT2D eigenvalue weighted by Crippen LogP contribution is 2.19. The normalized spacial score (nSPS) is 11.9. The Balaban J connectivity index is 2.01. The summed E-state index contributed by atoms with van der Waals surface area (Å²) in [5, 5.41) is 14.8. The lowest BCUT2D eigenvalue weighted by Crippen LogP contribution is -2.26. The van der Waals surface area contributed by atoms with E-state index in [2.05, 4.69) is 36.8 Å². The maximum atomic E-state index is 12.1. The van der Waals surface area contributed by atoms with Crippen LogP contribution in [0.4, 0.5) is 5.13 Å². The van der Waals surface area contributed by atoms with Gasteiger partial charge in [-0.05, 0) is 31.5 Å². The van der Waals surface area contributed by atoms with Crippen molar-refractivity contribution >= 4 is 38.3 Å². The van der Waals surface area contributed by atoms with Crippen molar-refractivity contribution in [2.75, 3.05) is 11.9 Å². The SMILES string of the molecule is CCNc1nnc(C(=O)NC(C)c2ccc(Br)cc2)s1. The van der Waals surface area contributed by atoms with Crippen molar-refractivity contribution < 1.29 is 4.79 Å². The summed E-state index contributed by atoms with van der Waals surface area (Å²) in [6.07, 6.45) is 0. The fourth-order valence-electron chi connectivity index (χ4n) is 1.63. The number of carbonyl (C=O) groups excluding carboxylic acids is 1. The Labute approximate surface area is 129 Å². The van der Waals surface area contributed by atoms with Crippen LogP contribution in [0.5, 0.6) is 0 Å². The van der Waals surface area contributed by atoms with Crippen molar-refractivity contribution in [2.45, 2.75) is 19.9 Å². The van der Waals surface area contributed by atoms with E-state index in [-0.39, 0.29) is 11.9 Å². The van der Waals surface area contributed by atoms with Gasteiger partial charge in [0.1, 0.15) is 0 Å². The second-order valence-corrected chi connectivity index (χ2v) is 6.08. The molecule has 1 unspecified atom stereocenters. The van der Waals surface area contributed by atoms with Crippen molar-refractivity contribution in [3.63, 3.8) is 0 Å². The van der Waals surface area contributed by atoms with E-state index in [0.717, 1.165) is 16.6 Å². The largest absolute Gasteiger partial charge is 0.360 e. The molecule has 0 aliphatic heterocycles. The maximum absolute atomic E-state index is 12.1. The van der Waals surface area contributed by atoms with Gasteiger partial charge in [0.15, 0.2) is 0 Å². The Kier molecular flexibility index (Phi) is 5.08. The molecule has 2 rings (SSSR count). The summed E-state index contributed by atoms with van der Waals surface area (Å²) in [6, 6.07) is 7.76. The first-order chi connectivity index (χ1) is 9.60. The van der Waals surface area contributed by atoms with Crippen molar-refractivity contribution in [1.29, 1.82) is 0 Å². The molecule has 0 bridgehead atoms. The zero-order valence-electron chi connectivity index (χ0n) is 11.2. The molecule has 1 aromatic heterocycles. The molecular weight excluding hydrogens is 340 g/mol. The number of hydrogen-bond acceptors (Lipinski definition) is 5. The van der Waals surface area contributed by atoms with Gasteiger partial charge in [-0.2, -0.15) is 0 Å². The molecular formula is C13H15BrN4OS.